The molecule has 0 amide bonds. The lowest BCUT2D eigenvalue weighted by Crippen LogP contribution is -2.40. The molecule has 1 aromatic heterocycles. The summed E-state index contributed by atoms with van der Waals surface area (Å²) in [6.45, 7) is -0.250. The summed E-state index contributed by atoms with van der Waals surface area (Å²) in [6.07, 6.45) is 5.14. The van der Waals surface area contributed by atoms with Crippen LogP contribution in [0.25, 0.3) is 10.4 Å². The van der Waals surface area contributed by atoms with E-state index in [4.69, 9.17) is 21.0 Å². The van der Waals surface area contributed by atoms with E-state index >= 15 is 0 Å². The summed E-state index contributed by atoms with van der Waals surface area (Å²) in [7, 11) is 2.21. The largest absolute Gasteiger partial charge is 0.483 e. The first-order chi connectivity index (χ1) is 13.9. The van der Waals surface area contributed by atoms with Gasteiger partial charge in [0.25, 0.3) is 6.47 Å². The molecule has 2 aliphatic rings. The van der Waals surface area contributed by atoms with Crippen molar-refractivity contribution in [2.45, 2.75) is 44.2 Å². The first-order valence-corrected chi connectivity index (χ1v) is 10.7. The number of nitrogens with zero attached hydrogens (tertiary/aromatic N) is 1. The van der Waals surface area contributed by atoms with Gasteiger partial charge in [0.2, 0.25) is 0 Å². The number of ketones is 1. The number of rotatable bonds is 5. The van der Waals surface area contributed by atoms with Crippen LogP contribution < -0.4 is 5.73 Å². The number of hydrogen-bond acceptors (Lipinski definition) is 6. The van der Waals surface area contributed by atoms with Gasteiger partial charge in [-0.05, 0) is 67.8 Å². The van der Waals surface area contributed by atoms with Crippen LogP contribution in [0.1, 0.15) is 37.7 Å². The molecule has 4 rings (SSSR count). The molecule has 2 atom stereocenters. The van der Waals surface area contributed by atoms with Gasteiger partial charge in [0.05, 0.1) is 0 Å². The Morgan fingerprint density at radius 3 is 2.52 bits per heavy atom. The first kappa shape index (κ1) is 21.2. The fraction of sp³-hybridized carbons (Fsp3) is 0.409. The molecule has 2 bridgehead atoms. The van der Waals surface area contributed by atoms with Gasteiger partial charge >= 0.3 is 0 Å². The lowest BCUT2D eigenvalue weighted by molar-refractivity contribution is -0.123. The molecule has 2 aliphatic heterocycles. The van der Waals surface area contributed by atoms with Gasteiger partial charge in [-0.1, -0.05) is 12.1 Å². The molecule has 154 valence electrons. The van der Waals surface area contributed by atoms with E-state index in [9.17, 15) is 4.79 Å². The number of nitrogens with two attached hydrogens (primary N) is 1. The average Bonchev–Trinajstić information content (AvgIpc) is 3.28. The lowest BCUT2D eigenvalue weighted by Gasteiger charge is -2.36. The maximum Gasteiger partial charge on any atom is 0.290 e. The van der Waals surface area contributed by atoms with Crippen molar-refractivity contribution in [2.24, 2.45) is 5.92 Å². The summed E-state index contributed by atoms with van der Waals surface area (Å²) in [4.78, 5) is 24.7. The minimum Gasteiger partial charge on any atom is -0.483 e. The van der Waals surface area contributed by atoms with Gasteiger partial charge in [0.1, 0.15) is 5.71 Å². The Hall–Kier alpha value is -2.51. The highest BCUT2D eigenvalue weighted by Gasteiger charge is 2.39. The summed E-state index contributed by atoms with van der Waals surface area (Å²) < 4.78 is 0. The number of anilines is 1. The second-order valence-corrected chi connectivity index (χ2v) is 8.72. The predicted molar refractivity (Wildman–Crippen MR) is 117 cm³/mol. The number of piperidine rings is 1. The van der Waals surface area contributed by atoms with Gasteiger partial charge in [-0.15, -0.1) is 11.3 Å². The van der Waals surface area contributed by atoms with Crippen molar-refractivity contribution in [3.63, 3.8) is 0 Å². The fourth-order valence-electron chi connectivity index (χ4n) is 4.59. The van der Waals surface area contributed by atoms with Crippen LogP contribution in [0, 0.1) is 11.3 Å². The Morgan fingerprint density at radius 1 is 1.31 bits per heavy atom. The zero-order valence-electron chi connectivity index (χ0n) is 16.5. The van der Waals surface area contributed by atoms with E-state index in [0.29, 0.717) is 35.7 Å². The molecule has 7 heteroatoms. The van der Waals surface area contributed by atoms with E-state index < -0.39 is 0 Å². The number of nitrogens with one attached hydrogen (secondary N) is 1. The zero-order chi connectivity index (χ0) is 21.0. The van der Waals surface area contributed by atoms with Gasteiger partial charge in [0.15, 0.2) is 5.78 Å². The van der Waals surface area contributed by atoms with E-state index in [0.717, 1.165) is 23.3 Å². The van der Waals surface area contributed by atoms with Crippen LogP contribution in [0.2, 0.25) is 0 Å². The average molecular weight is 414 g/mol. The van der Waals surface area contributed by atoms with E-state index in [-0.39, 0.29) is 18.0 Å². The third-order valence-electron chi connectivity index (χ3n) is 6.08. The summed E-state index contributed by atoms with van der Waals surface area (Å²) in [6, 6.07) is 10.9. The highest BCUT2D eigenvalue weighted by Crippen LogP contribution is 2.39. The Balaban J connectivity index is 0.000000755. The Morgan fingerprint density at radius 2 is 1.97 bits per heavy atom. The molecule has 2 saturated heterocycles. The quantitative estimate of drug-likeness (QED) is 0.391. The predicted octanol–water partition coefficient (Wildman–Crippen LogP) is 3.90. The van der Waals surface area contributed by atoms with Gasteiger partial charge in [-0.3, -0.25) is 15.0 Å². The lowest BCUT2D eigenvalue weighted by atomic mass is 9.85. The van der Waals surface area contributed by atoms with E-state index in [2.05, 4.69) is 11.9 Å². The van der Waals surface area contributed by atoms with Crippen molar-refractivity contribution in [3.05, 3.63) is 41.3 Å². The van der Waals surface area contributed by atoms with Crippen LogP contribution in [0.4, 0.5) is 5.69 Å². The maximum absolute atomic E-state index is 12.7. The minimum absolute atomic E-state index is 0.0616. The first-order valence-electron chi connectivity index (χ1n) is 9.79. The highest BCUT2D eigenvalue weighted by molar-refractivity contribution is 7.13. The summed E-state index contributed by atoms with van der Waals surface area (Å²) >= 11 is 1.65. The number of nitrogen functional groups attached to an aromatic ring is 1. The molecule has 0 aliphatic carbocycles. The van der Waals surface area contributed by atoms with Crippen LogP contribution in [0.5, 0.6) is 0 Å². The number of carbonyl (C=O) groups excluding carboxylic acids is 1. The monoisotopic (exact) mass is 413 g/mol. The minimum atomic E-state index is -0.250. The molecule has 0 spiro atoms. The summed E-state index contributed by atoms with van der Waals surface area (Å²) in [5.74, 6) is 0.331. The van der Waals surface area contributed by atoms with E-state index in [1.54, 1.807) is 11.3 Å². The number of carbonyl (C=O) groups is 2. The van der Waals surface area contributed by atoms with Gasteiger partial charge in [0, 0.05) is 34.6 Å². The van der Waals surface area contributed by atoms with Crippen molar-refractivity contribution in [1.82, 2.24) is 4.90 Å². The SMILES string of the molecule is CN1C2CCC1CC(CC(=O)C(=N)c1ccc(-c3cccs3)cc1N)C2.O=CO. The van der Waals surface area contributed by atoms with Crippen molar-refractivity contribution in [1.29, 1.82) is 5.41 Å². The number of Topliss-reactive ketones (excluding diaryl/α,β-unsaturated/α-hetero) is 1. The van der Waals surface area contributed by atoms with Gasteiger partial charge in [-0.2, -0.15) is 0 Å². The molecule has 3 heterocycles. The molecule has 0 saturated carbocycles. The van der Waals surface area contributed by atoms with Gasteiger partial charge < -0.3 is 15.7 Å². The molecule has 1 aromatic carbocycles. The smallest absolute Gasteiger partial charge is 0.290 e. The Bertz CT molecular complexity index is 867. The maximum atomic E-state index is 12.7. The second-order valence-electron chi connectivity index (χ2n) is 7.77. The Kier molecular flexibility index (Phi) is 6.82. The molecule has 2 unspecified atom stereocenters. The number of benzene rings is 1. The zero-order valence-corrected chi connectivity index (χ0v) is 17.3. The van der Waals surface area contributed by atoms with E-state index in [1.807, 2.05) is 35.7 Å². The van der Waals surface area contributed by atoms with Crippen LogP contribution in [0.3, 0.4) is 0 Å². The third kappa shape index (κ3) is 4.74. The fourth-order valence-corrected chi connectivity index (χ4v) is 5.32. The van der Waals surface area contributed by atoms with Crippen molar-refractivity contribution in [3.8, 4) is 10.4 Å². The standard InChI is InChI=1S/C21H25N3OS.CH2O2/c1-24-15-5-6-16(24)10-13(9-15)11-19(25)21(23)17-7-4-14(12-18(17)22)20-3-2-8-26-20;2-1-3/h2-4,7-8,12-13,15-16,23H,5-6,9-11,22H2,1H3;1H,(H,2,3). The molecular weight excluding hydrogens is 386 g/mol. The number of hydrogen-bond donors (Lipinski definition) is 3. The summed E-state index contributed by atoms with van der Waals surface area (Å²) in [5, 5.41) is 17.3. The van der Waals surface area contributed by atoms with Crippen LogP contribution in [-0.2, 0) is 9.59 Å². The Labute approximate surface area is 174 Å². The number of thiophene rings is 1. The summed E-state index contributed by atoms with van der Waals surface area (Å²) in [5.41, 5.74) is 8.35. The molecule has 6 nitrogen and oxygen atoms in total. The van der Waals surface area contributed by atoms with Gasteiger partial charge in [-0.25, -0.2) is 0 Å². The van der Waals surface area contributed by atoms with Crippen molar-refractivity contribution < 1.29 is 14.7 Å². The number of carboxylic acid groups (broad SMARTS) is 1. The molecule has 29 heavy (non-hydrogen) atoms. The molecule has 2 fully saturated rings. The van der Waals surface area contributed by atoms with Crippen molar-refractivity contribution in [2.75, 3.05) is 12.8 Å². The molecule has 2 aromatic rings. The molecule has 0 radical (unpaired) electrons. The normalized spacial score (nSPS) is 23.1. The second kappa shape index (κ2) is 9.33. The number of fused-ring (bicyclic) bond motifs is 2. The van der Waals surface area contributed by atoms with Crippen LogP contribution >= 0.6 is 11.3 Å². The molecule has 4 N–H and O–H groups in total. The molecular formula is C22H27N3O3S. The van der Waals surface area contributed by atoms with Crippen LogP contribution in [-0.4, -0.2) is 47.1 Å². The topological polar surface area (TPSA) is 107 Å². The van der Waals surface area contributed by atoms with Crippen molar-refractivity contribution >= 4 is 35.0 Å². The van der Waals surface area contributed by atoms with Crippen LogP contribution in [0.15, 0.2) is 35.7 Å². The highest BCUT2D eigenvalue weighted by atomic mass is 32.1. The van der Waals surface area contributed by atoms with E-state index in [1.165, 1.54) is 12.8 Å². The third-order valence-corrected chi connectivity index (χ3v) is 6.99.